The fraction of sp³-hybridized carbons (Fsp3) is 1.00. The third-order valence-corrected chi connectivity index (χ3v) is 2.55. The molecule has 0 aliphatic rings. The molecule has 0 aromatic heterocycles. The van der Waals surface area contributed by atoms with E-state index in [1.165, 1.54) is 0 Å². The topological polar surface area (TPSA) is 77.4 Å². The molecule has 1 unspecified atom stereocenters. The van der Waals surface area contributed by atoms with Gasteiger partial charge in [-0.25, -0.2) is 8.42 Å². The summed E-state index contributed by atoms with van der Waals surface area (Å²) in [5.41, 5.74) is 0. The van der Waals surface area contributed by atoms with Gasteiger partial charge in [-0.2, -0.15) is 0 Å². The standard InChI is InChI=1S/C8H18O4S.Na/c1-8(9)6-4-2-3-5-7-13(10,11)12;/h8-9H,2-7H2,1H3,(H,10,11,12);/q;+1/p-1. The fourth-order valence-electron chi connectivity index (χ4n) is 1.07. The molecule has 0 spiro atoms. The molecule has 0 aromatic rings. The maximum Gasteiger partial charge on any atom is 1.00 e. The van der Waals surface area contributed by atoms with E-state index in [0.29, 0.717) is 6.42 Å². The van der Waals surface area contributed by atoms with E-state index in [9.17, 15) is 13.0 Å². The Bertz CT molecular complexity index is 213. The van der Waals surface area contributed by atoms with Crippen molar-refractivity contribution in [1.82, 2.24) is 0 Å². The summed E-state index contributed by atoms with van der Waals surface area (Å²) in [6, 6.07) is 0. The summed E-state index contributed by atoms with van der Waals surface area (Å²) in [6.45, 7) is 1.72. The third kappa shape index (κ3) is 15.3. The van der Waals surface area contributed by atoms with E-state index in [-0.39, 0.29) is 41.4 Å². The average molecular weight is 232 g/mol. The Morgan fingerprint density at radius 1 is 1.21 bits per heavy atom. The molecule has 0 aliphatic heterocycles. The number of aliphatic hydroxyl groups excluding tert-OH is 1. The van der Waals surface area contributed by atoms with Crippen LogP contribution in [-0.4, -0.2) is 29.9 Å². The minimum absolute atomic E-state index is 0. The zero-order chi connectivity index (χ0) is 10.3. The van der Waals surface area contributed by atoms with Crippen LogP contribution < -0.4 is 29.6 Å². The van der Waals surface area contributed by atoms with E-state index in [1.807, 2.05) is 0 Å². The molecule has 80 valence electrons. The van der Waals surface area contributed by atoms with Gasteiger partial charge >= 0.3 is 29.6 Å². The Labute approximate surface area is 108 Å². The molecule has 0 amide bonds. The third-order valence-electron chi connectivity index (χ3n) is 1.77. The van der Waals surface area contributed by atoms with Gasteiger partial charge in [0, 0.05) is 5.75 Å². The Balaban J connectivity index is 0. The molecule has 4 nitrogen and oxygen atoms in total. The normalized spacial score (nSPS) is 13.4. The molecule has 0 rings (SSSR count). The molecular weight excluding hydrogens is 215 g/mol. The van der Waals surface area contributed by atoms with Gasteiger partial charge in [-0.3, -0.25) is 0 Å². The number of hydrogen-bond donors (Lipinski definition) is 1. The van der Waals surface area contributed by atoms with E-state index >= 15 is 0 Å². The van der Waals surface area contributed by atoms with Crippen LogP contribution >= 0.6 is 0 Å². The first-order valence-electron chi connectivity index (χ1n) is 4.53. The van der Waals surface area contributed by atoms with Crippen molar-refractivity contribution in [2.45, 2.75) is 45.1 Å². The Kier molecular flexibility index (Phi) is 11.3. The van der Waals surface area contributed by atoms with Crippen LogP contribution in [0.4, 0.5) is 0 Å². The average Bonchev–Trinajstić information content (AvgIpc) is 1.93. The molecule has 0 saturated carbocycles. The molecule has 1 atom stereocenters. The summed E-state index contributed by atoms with van der Waals surface area (Å²) in [5.74, 6) is -0.262. The second-order valence-electron chi connectivity index (χ2n) is 3.31. The number of unbranched alkanes of at least 4 members (excludes halogenated alkanes) is 3. The van der Waals surface area contributed by atoms with Gasteiger partial charge in [-0.15, -0.1) is 0 Å². The van der Waals surface area contributed by atoms with Gasteiger partial charge in [0.25, 0.3) is 0 Å². The van der Waals surface area contributed by atoms with E-state index < -0.39 is 10.1 Å². The maximum absolute atomic E-state index is 10.2. The first kappa shape index (κ1) is 17.3. The molecule has 0 bridgehead atoms. The van der Waals surface area contributed by atoms with Gasteiger partial charge in [0.2, 0.25) is 0 Å². The Morgan fingerprint density at radius 3 is 2.14 bits per heavy atom. The monoisotopic (exact) mass is 232 g/mol. The Morgan fingerprint density at radius 2 is 1.71 bits per heavy atom. The zero-order valence-electron chi connectivity index (χ0n) is 8.90. The molecule has 6 heteroatoms. The van der Waals surface area contributed by atoms with Crippen molar-refractivity contribution in [2.24, 2.45) is 0 Å². The molecule has 0 heterocycles. The smallest absolute Gasteiger partial charge is 0.748 e. The largest absolute Gasteiger partial charge is 1.00 e. The molecule has 0 saturated heterocycles. The molecule has 1 N–H and O–H groups in total. The van der Waals surface area contributed by atoms with E-state index in [1.54, 1.807) is 6.92 Å². The molecule has 14 heavy (non-hydrogen) atoms. The number of rotatable bonds is 7. The van der Waals surface area contributed by atoms with Crippen LogP contribution in [0.5, 0.6) is 0 Å². The zero-order valence-corrected chi connectivity index (χ0v) is 11.7. The SMILES string of the molecule is CC(O)CCCCCCS(=O)(=O)[O-].[Na+]. The fourth-order valence-corrected chi connectivity index (χ4v) is 1.63. The van der Waals surface area contributed by atoms with Crippen LogP contribution in [0, 0.1) is 0 Å². The van der Waals surface area contributed by atoms with Crippen LogP contribution in [0.2, 0.25) is 0 Å². The Hall–Kier alpha value is 0.870. The summed E-state index contributed by atoms with van der Waals surface area (Å²) in [6.07, 6.45) is 3.39. The van der Waals surface area contributed by atoms with Gasteiger partial charge < -0.3 is 9.66 Å². The summed E-state index contributed by atoms with van der Waals surface area (Å²) in [7, 11) is -4.03. The maximum atomic E-state index is 10.2. The summed E-state index contributed by atoms with van der Waals surface area (Å²) >= 11 is 0. The van der Waals surface area contributed by atoms with Crippen molar-refractivity contribution < 1.29 is 47.6 Å². The summed E-state index contributed by atoms with van der Waals surface area (Å²) in [4.78, 5) is 0. The quantitative estimate of drug-likeness (QED) is 0.309. The van der Waals surface area contributed by atoms with Crippen molar-refractivity contribution in [1.29, 1.82) is 0 Å². The van der Waals surface area contributed by atoms with Gasteiger partial charge in [0.15, 0.2) is 0 Å². The van der Waals surface area contributed by atoms with Crippen LogP contribution in [0.1, 0.15) is 39.0 Å². The van der Waals surface area contributed by atoms with Crippen LogP contribution in [0.3, 0.4) is 0 Å². The van der Waals surface area contributed by atoms with Gasteiger partial charge in [0.1, 0.15) is 0 Å². The molecule has 0 radical (unpaired) electrons. The van der Waals surface area contributed by atoms with Crippen LogP contribution in [0.25, 0.3) is 0 Å². The summed E-state index contributed by atoms with van der Waals surface area (Å²) < 4.78 is 30.5. The number of hydrogen-bond acceptors (Lipinski definition) is 4. The van der Waals surface area contributed by atoms with Crippen molar-refractivity contribution in [3.8, 4) is 0 Å². The van der Waals surface area contributed by atoms with Crippen molar-refractivity contribution in [3.63, 3.8) is 0 Å². The van der Waals surface area contributed by atoms with E-state index in [4.69, 9.17) is 5.11 Å². The minimum Gasteiger partial charge on any atom is -0.748 e. The molecular formula is C8H17NaO4S. The van der Waals surface area contributed by atoms with E-state index in [0.717, 1.165) is 25.7 Å². The predicted molar refractivity (Wildman–Crippen MR) is 49.3 cm³/mol. The van der Waals surface area contributed by atoms with Crippen LogP contribution in [-0.2, 0) is 10.1 Å². The number of aliphatic hydroxyl groups is 1. The second-order valence-corrected chi connectivity index (χ2v) is 4.84. The van der Waals surface area contributed by atoms with Crippen molar-refractivity contribution >= 4 is 10.1 Å². The van der Waals surface area contributed by atoms with Gasteiger partial charge in [-0.05, 0) is 19.8 Å². The van der Waals surface area contributed by atoms with Gasteiger partial charge in [-0.1, -0.05) is 19.3 Å². The minimum atomic E-state index is -4.03. The van der Waals surface area contributed by atoms with Crippen molar-refractivity contribution in [3.05, 3.63) is 0 Å². The first-order chi connectivity index (χ1) is 5.92. The first-order valence-corrected chi connectivity index (χ1v) is 6.11. The second kappa shape index (κ2) is 9.12. The van der Waals surface area contributed by atoms with Crippen LogP contribution in [0.15, 0.2) is 0 Å². The molecule has 0 aliphatic carbocycles. The summed E-state index contributed by atoms with van der Waals surface area (Å²) in [5, 5.41) is 8.89. The molecule has 0 aromatic carbocycles. The predicted octanol–water partition coefficient (Wildman–Crippen LogP) is -2.13. The molecule has 0 fully saturated rings. The van der Waals surface area contributed by atoms with Gasteiger partial charge in [0.05, 0.1) is 16.2 Å². The van der Waals surface area contributed by atoms with E-state index in [2.05, 4.69) is 0 Å². The van der Waals surface area contributed by atoms with Crippen molar-refractivity contribution in [2.75, 3.05) is 5.75 Å².